The summed E-state index contributed by atoms with van der Waals surface area (Å²) in [5, 5.41) is 33.2. The molecule has 2 heterocycles. The molecule has 18 heteroatoms. The fourth-order valence-corrected chi connectivity index (χ4v) is 7.14. The lowest BCUT2D eigenvalue weighted by molar-refractivity contribution is -0.114. The van der Waals surface area contributed by atoms with Gasteiger partial charge in [0.25, 0.3) is 0 Å². The van der Waals surface area contributed by atoms with Crippen molar-refractivity contribution < 1.29 is 9.59 Å². The minimum atomic E-state index is -0.594. The number of halogens is 2. The maximum absolute atomic E-state index is 12.8. The molecular weight excluding hydrogens is 780 g/mol. The van der Waals surface area contributed by atoms with Crippen molar-refractivity contribution >= 4 is 92.2 Å². The third-order valence-corrected chi connectivity index (χ3v) is 10.1. The number of aliphatic imine (C=N–C) groups is 4. The maximum atomic E-state index is 12.8. The van der Waals surface area contributed by atoms with Crippen LogP contribution >= 0.6 is 46.7 Å². The van der Waals surface area contributed by atoms with Crippen molar-refractivity contribution in [1.82, 2.24) is 10.6 Å². The summed E-state index contributed by atoms with van der Waals surface area (Å²) in [7, 11) is 0. The number of benzene rings is 4. The normalized spacial score (nSPS) is 16.1. The first kappa shape index (κ1) is 38.7. The van der Waals surface area contributed by atoms with Gasteiger partial charge < -0.3 is 32.7 Å². The zero-order valence-electron chi connectivity index (χ0n) is 28.6. The number of amidine groups is 2. The van der Waals surface area contributed by atoms with E-state index in [2.05, 4.69) is 53.4 Å². The molecule has 14 nitrogen and oxygen atoms in total. The van der Waals surface area contributed by atoms with Crippen LogP contribution in [-0.2, 0) is 16.0 Å². The van der Waals surface area contributed by atoms with Gasteiger partial charge in [-0.1, -0.05) is 83.1 Å². The number of nitriles is 2. The number of nitrogens with zero attached hydrogens (tertiary/aromatic N) is 6. The van der Waals surface area contributed by atoms with Gasteiger partial charge in [0.1, 0.15) is 0 Å². The van der Waals surface area contributed by atoms with Gasteiger partial charge in [0.05, 0.1) is 34.8 Å². The smallest absolute Gasteiger partial charge is 0.234 e. The van der Waals surface area contributed by atoms with Crippen LogP contribution in [-0.4, -0.2) is 45.6 Å². The van der Waals surface area contributed by atoms with Crippen molar-refractivity contribution in [2.75, 3.05) is 22.1 Å². The van der Waals surface area contributed by atoms with Crippen LogP contribution in [0.5, 0.6) is 0 Å². The zero-order chi connectivity index (χ0) is 38.9. The van der Waals surface area contributed by atoms with Gasteiger partial charge in [-0.3, -0.25) is 9.59 Å². The molecule has 0 bridgehead atoms. The number of thioether (sulfide) groups is 2. The molecule has 2 unspecified atom stereocenters. The number of hydrogen-bond donors (Lipinski definition) is 6. The van der Waals surface area contributed by atoms with E-state index in [4.69, 9.17) is 34.7 Å². The molecule has 0 spiro atoms. The molecule has 6 rings (SSSR count). The van der Waals surface area contributed by atoms with Gasteiger partial charge >= 0.3 is 0 Å². The average Bonchev–Trinajstić information content (AvgIpc) is 3.17. The second kappa shape index (κ2) is 17.9. The van der Waals surface area contributed by atoms with Crippen molar-refractivity contribution in [1.29, 1.82) is 10.5 Å². The molecule has 0 radical (unpaired) electrons. The summed E-state index contributed by atoms with van der Waals surface area (Å²) in [5.74, 6) is -0.287. The second-order valence-electron chi connectivity index (χ2n) is 11.8. The minimum Gasteiger partial charge on any atom is -0.370 e. The summed E-state index contributed by atoms with van der Waals surface area (Å²) >= 11 is 14.5. The van der Waals surface area contributed by atoms with Gasteiger partial charge in [0.2, 0.25) is 11.8 Å². The molecule has 0 saturated carbocycles. The molecule has 2 aliphatic rings. The Morgan fingerprint density at radius 3 is 1.51 bits per heavy atom. The summed E-state index contributed by atoms with van der Waals surface area (Å²) in [6.45, 7) is 0. The monoisotopic (exact) mass is 808 g/mol. The van der Waals surface area contributed by atoms with E-state index in [1.165, 1.54) is 0 Å². The van der Waals surface area contributed by atoms with E-state index in [1.807, 2.05) is 12.1 Å². The molecule has 4 aromatic rings. The number of rotatable bonds is 10. The molecule has 276 valence electrons. The molecule has 2 amide bonds. The first-order valence-electron chi connectivity index (χ1n) is 16.3. The van der Waals surface area contributed by atoms with E-state index in [1.54, 1.807) is 72.8 Å². The number of hydrogen-bond acceptors (Lipinski definition) is 14. The highest BCUT2D eigenvalue weighted by Crippen LogP contribution is 2.28. The number of carbonyl (C=O) groups is 2. The van der Waals surface area contributed by atoms with Crippen LogP contribution in [0, 0.1) is 22.7 Å². The van der Waals surface area contributed by atoms with Crippen molar-refractivity contribution in [3.8, 4) is 12.1 Å². The van der Waals surface area contributed by atoms with Crippen LogP contribution in [0.2, 0.25) is 10.0 Å². The lowest BCUT2D eigenvalue weighted by Crippen LogP contribution is -2.39. The molecular formula is C37H30Cl2N12O2S2. The molecule has 8 N–H and O–H groups in total. The fourth-order valence-electron chi connectivity index (χ4n) is 5.36. The van der Waals surface area contributed by atoms with Crippen molar-refractivity contribution in [3.63, 3.8) is 0 Å². The summed E-state index contributed by atoms with van der Waals surface area (Å²) in [5.41, 5.74) is 16.3. The van der Waals surface area contributed by atoms with Gasteiger partial charge in [0, 0.05) is 27.8 Å². The topological polar surface area (TPSA) is 231 Å². The molecule has 0 fully saturated rings. The van der Waals surface area contributed by atoms with Gasteiger partial charge in [-0.2, -0.15) is 10.5 Å². The zero-order valence-corrected chi connectivity index (χ0v) is 31.7. The van der Waals surface area contributed by atoms with Gasteiger partial charge in [-0.15, -0.1) is 0 Å². The van der Waals surface area contributed by atoms with Gasteiger partial charge in [-0.25, -0.2) is 20.0 Å². The highest BCUT2D eigenvalue weighted by Gasteiger charge is 2.20. The fraction of sp³-hybridized carbons (Fsp3) is 0.135. The molecule has 0 aromatic heterocycles. The number of anilines is 2. The van der Waals surface area contributed by atoms with E-state index in [9.17, 15) is 20.1 Å². The SMILES string of the molecule is N#Cc1cc(NC(=O)CSC2=NC(c3cccc(Cl)c3)N=C(N)N2)ccc1Cc1ccc(NC(=O)CSC2=NC(c3cccc(Cl)c3)N=C(N)N2)cc1C#N. The van der Waals surface area contributed by atoms with E-state index in [0.29, 0.717) is 54.0 Å². The molecule has 0 aliphatic carbocycles. The predicted molar refractivity (Wildman–Crippen MR) is 220 cm³/mol. The first-order valence-corrected chi connectivity index (χ1v) is 19.1. The number of carbonyl (C=O) groups excluding carboxylic acids is 2. The molecule has 2 aliphatic heterocycles. The predicted octanol–water partition coefficient (Wildman–Crippen LogP) is 5.62. The van der Waals surface area contributed by atoms with Crippen LogP contribution < -0.4 is 32.7 Å². The lowest BCUT2D eigenvalue weighted by atomic mass is 9.96. The van der Waals surface area contributed by atoms with Crippen LogP contribution in [0.3, 0.4) is 0 Å². The summed E-state index contributed by atoms with van der Waals surface area (Å²) < 4.78 is 0. The van der Waals surface area contributed by atoms with Crippen molar-refractivity contribution in [2.24, 2.45) is 31.4 Å². The third kappa shape index (κ3) is 10.6. The number of nitrogens with two attached hydrogens (primary N) is 2. The molecule has 0 saturated heterocycles. The Bertz CT molecular complexity index is 2210. The average molecular weight is 810 g/mol. The Morgan fingerprint density at radius 1 is 0.673 bits per heavy atom. The lowest BCUT2D eigenvalue weighted by Gasteiger charge is -2.19. The Balaban J connectivity index is 1.03. The molecule has 2 atom stereocenters. The first-order chi connectivity index (χ1) is 26.5. The number of guanidine groups is 2. The minimum absolute atomic E-state index is 0.0116. The van der Waals surface area contributed by atoms with Crippen molar-refractivity contribution in [2.45, 2.75) is 18.8 Å². The van der Waals surface area contributed by atoms with E-state index in [-0.39, 0.29) is 41.7 Å². The van der Waals surface area contributed by atoms with Crippen LogP contribution in [0.4, 0.5) is 11.4 Å². The van der Waals surface area contributed by atoms with Gasteiger partial charge in [0.15, 0.2) is 34.6 Å². The van der Waals surface area contributed by atoms with E-state index < -0.39 is 12.3 Å². The maximum Gasteiger partial charge on any atom is 0.234 e. The second-order valence-corrected chi connectivity index (χ2v) is 14.6. The summed E-state index contributed by atoms with van der Waals surface area (Å²) in [4.78, 5) is 43.4. The Kier molecular flexibility index (Phi) is 12.6. The Hall–Kier alpha value is -6.04. The Labute approximate surface area is 334 Å². The van der Waals surface area contributed by atoms with E-state index >= 15 is 0 Å². The van der Waals surface area contributed by atoms with Crippen LogP contribution in [0.1, 0.15) is 45.7 Å². The van der Waals surface area contributed by atoms with Gasteiger partial charge in [-0.05, 0) is 70.8 Å². The Morgan fingerprint density at radius 2 is 1.11 bits per heavy atom. The standard InChI is InChI=1S/C37H30Cl2N12O2S2/c38-26-5-1-3-22(12-26)32-46-34(42)50-36(48-32)54-18-30(52)44-28-9-7-20(24(14-28)16-40)11-21-8-10-29(15-25(21)17-41)45-31(53)19-55-37-49-33(47-35(43)51-37)23-4-2-6-27(39)13-23/h1-10,12-15,32-33H,11,18-19H2,(H,44,52)(H,45,53)(H3,42,46,48,50)(H3,43,47,49,51). The summed E-state index contributed by atoms with van der Waals surface area (Å²) in [6, 6.07) is 28.6. The van der Waals surface area contributed by atoms with E-state index in [0.717, 1.165) is 34.7 Å². The third-order valence-electron chi connectivity index (χ3n) is 7.85. The summed E-state index contributed by atoms with van der Waals surface area (Å²) in [6.07, 6.45) is -0.919. The van der Waals surface area contributed by atoms with Crippen molar-refractivity contribution in [3.05, 3.63) is 128 Å². The molecule has 55 heavy (non-hydrogen) atoms. The number of nitrogens with one attached hydrogen (secondary N) is 4. The number of amides is 2. The largest absolute Gasteiger partial charge is 0.370 e. The quantitative estimate of drug-likeness (QED) is 0.116. The van der Waals surface area contributed by atoms with Crippen LogP contribution in [0.25, 0.3) is 0 Å². The van der Waals surface area contributed by atoms with Crippen LogP contribution in [0.15, 0.2) is 105 Å². The molecule has 4 aromatic carbocycles. The highest BCUT2D eigenvalue weighted by atomic mass is 35.5. The highest BCUT2D eigenvalue weighted by molar-refractivity contribution is 8.14.